The van der Waals surface area contributed by atoms with Gasteiger partial charge in [-0.15, -0.1) is 11.3 Å². The van der Waals surface area contributed by atoms with Gasteiger partial charge in [-0.05, 0) is 42.5 Å². The average Bonchev–Trinajstić information content (AvgIpc) is 3.50. The summed E-state index contributed by atoms with van der Waals surface area (Å²) in [6, 6.07) is 6.07. The summed E-state index contributed by atoms with van der Waals surface area (Å²) in [5, 5.41) is 16.4. The van der Waals surface area contributed by atoms with Gasteiger partial charge in [0.2, 0.25) is 0 Å². The van der Waals surface area contributed by atoms with Gasteiger partial charge < -0.3 is 19.7 Å². The van der Waals surface area contributed by atoms with Gasteiger partial charge in [-0.3, -0.25) is 9.88 Å². The molecule has 0 amide bonds. The minimum atomic E-state index is -5.08. The van der Waals surface area contributed by atoms with Crippen molar-refractivity contribution in [1.29, 1.82) is 0 Å². The molecule has 2 aliphatic heterocycles. The second-order valence-electron chi connectivity index (χ2n) is 8.22. The number of alkyl halides is 6. The summed E-state index contributed by atoms with van der Waals surface area (Å²) < 4.78 is 75.7. The molecule has 0 aliphatic carbocycles. The molecule has 1 spiro atoms. The average molecular weight is 558 g/mol. The van der Waals surface area contributed by atoms with Gasteiger partial charge in [0.15, 0.2) is 0 Å². The monoisotopic (exact) mass is 558 g/mol. The van der Waals surface area contributed by atoms with Crippen molar-refractivity contribution >= 4 is 23.3 Å². The zero-order valence-corrected chi connectivity index (χ0v) is 20.2. The number of aryl methyl sites for hydroxylation is 1. The Bertz CT molecular complexity index is 1010. The van der Waals surface area contributed by atoms with Gasteiger partial charge in [0.1, 0.15) is 11.9 Å². The number of rotatable bonds is 4. The Morgan fingerprint density at radius 1 is 1.19 bits per heavy atom. The quantitative estimate of drug-likeness (QED) is 0.527. The van der Waals surface area contributed by atoms with Crippen molar-refractivity contribution in [2.45, 2.75) is 50.4 Å². The van der Waals surface area contributed by atoms with Crippen molar-refractivity contribution in [3.05, 3.63) is 46.4 Å². The van der Waals surface area contributed by atoms with E-state index < -0.39 is 24.3 Å². The maximum Gasteiger partial charge on any atom is 0.490 e. The Labute approximate surface area is 211 Å². The predicted octanol–water partition coefficient (Wildman–Crippen LogP) is 4.53. The summed E-state index contributed by atoms with van der Waals surface area (Å²) in [5.74, 6) is -4.68. The van der Waals surface area contributed by atoms with E-state index in [4.69, 9.17) is 29.3 Å². The van der Waals surface area contributed by atoms with Crippen LogP contribution in [0.3, 0.4) is 0 Å². The normalized spacial score (nSPS) is 21.5. The topological polar surface area (TPSA) is 109 Å². The summed E-state index contributed by atoms with van der Waals surface area (Å²) in [7, 11) is 0. The van der Waals surface area contributed by atoms with Crippen LogP contribution in [-0.2, 0) is 20.9 Å². The number of carboxylic acid groups (broad SMARTS) is 2. The zero-order chi connectivity index (χ0) is 27.9. The van der Waals surface area contributed by atoms with Crippen LogP contribution in [0.1, 0.15) is 23.3 Å². The van der Waals surface area contributed by atoms with Crippen LogP contribution in [0, 0.1) is 6.92 Å². The number of aliphatic carboxylic acids is 2. The van der Waals surface area contributed by atoms with Gasteiger partial charge in [-0.25, -0.2) is 9.59 Å². The molecule has 2 fully saturated rings. The number of aromatic nitrogens is 1. The van der Waals surface area contributed by atoms with E-state index in [0.29, 0.717) is 6.61 Å². The fourth-order valence-corrected chi connectivity index (χ4v) is 4.55. The number of hydrogen-bond acceptors (Lipinski definition) is 7. The van der Waals surface area contributed by atoms with Crippen molar-refractivity contribution in [3.8, 4) is 5.75 Å². The standard InChI is InChI=1S/C18H22N2O2S.2C2HF3O2/c1-14-4-8-23-17(14)11-20-7-5-18(13-20)9-16(12-21-18)22-15-3-2-6-19-10-15;2*3-2(4,5)1(6)7/h2-4,6,8,10,16H,5,7,9,11-13H2,1H3;2*(H,6,7)/t16-,18+;;/m1../s1. The molecule has 2 aromatic heterocycles. The third-order valence-electron chi connectivity index (χ3n) is 5.33. The van der Waals surface area contributed by atoms with Crippen LogP contribution in [-0.4, -0.2) is 75.8 Å². The maximum atomic E-state index is 10.6. The van der Waals surface area contributed by atoms with E-state index in [0.717, 1.165) is 38.2 Å². The molecule has 4 rings (SSSR count). The van der Waals surface area contributed by atoms with Gasteiger partial charge in [-0.2, -0.15) is 26.3 Å². The van der Waals surface area contributed by atoms with E-state index in [1.165, 1.54) is 10.4 Å². The SMILES string of the molecule is Cc1ccsc1CN1CC[C@]2(C[C@@H](Oc3cccnc3)CO2)C1.O=C(O)C(F)(F)F.O=C(O)C(F)(F)F. The van der Waals surface area contributed by atoms with Gasteiger partial charge in [0.05, 0.1) is 18.4 Å². The molecule has 2 N–H and O–H groups in total. The maximum absolute atomic E-state index is 10.6. The Morgan fingerprint density at radius 2 is 1.81 bits per heavy atom. The minimum Gasteiger partial charge on any atom is -0.486 e. The Morgan fingerprint density at radius 3 is 2.30 bits per heavy atom. The first-order chi connectivity index (χ1) is 17.1. The summed E-state index contributed by atoms with van der Waals surface area (Å²) in [4.78, 5) is 25.9. The number of carboxylic acids is 2. The predicted molar refractivity (Wildman–Crippen MR) is 118 cm³/mol. The van der Waals surface area contributed by atoms with Crippen LogP contribution in [0.4, 0.5) is 26.3 Å². The molecule has 2 atom stereocenters. The van der Waals surface area contributed by atoms with Gasteiger partial charge >= 0.3 is 24.3 Å². The van der Waals surface area contributed by atoms with Crippen LogP contribution in [0.5, 0.6) is 5.75 Å². The highest BCUT2D eigenvalue weighted by atomic mass is 32.1. The van der Waals surface area contributed by atoms with Crippen molar-refractivity contribution in [2.75, 3.05) is 19.7 Å². The van der Waals surface area contributed by atoms with E-state index in [-0.39, 0.29) is 11.7 Å². The molecule has 0 saturated carbocycles. The third kappa shape index (κ3) is 9.81. The summed E-state index contributed by atoms with van der Waals surface area (Å²) in [5.41, 5.74) is 1.39. The molecule has 37 heavy (non-hydrogen) atoms. The van der Waals surface area contributed by atoms with E-state index in [1.54, 1.807) is 12.4 Å². The van der Waals surface area contributed by atoms with E-state index >= 15 is 0 Å². The number of likely N-dealkylation sites (tertiary alicyclic amines) is 1. The Kier molecular flexibility index (Phi) is 10.3. The number of halogens is 6. The van der Waals surface area contributed by atoms with Crippen molar-refractivity contribution < 1.29 is 55.6 Å². The van der Waals surface area contributed by atoms with Crippen LogP contribution >= 0.6 is 11.3 Å². The molecule has 0 radical (unpaired) electrons. The number of nitrogens with zero attached hydrogens (tertiary/aromatic N) is 2. The molecule has 0 bridgehead atoms. The second-order valence-corrected chi connectivity index (χ2v) is 9.22. The smallest absolute Gasteiger partial charge is 0.486 e. The largest absolute Gasteiger partial charge is 0.490 e. The lowest BCUT2D eigenvalue weighted by molar-refractivity contribution is -0.193. The Hall–Kier alpha value is -2.91. The van der Waals surface area contributed by atoms with Gasteiger partial charge in [0.25, 0.3) is 0 Å². The fourth-order valence-electron chi connectivity index (χ4n) is 3.60. The molecule has 8 nitrogen and oxygen atoms in total. The van der Waals surface area contributed by atoms with Crippen molar-refractivity contribution in [2.24, 2.45) is 0 Å². The van der Waals surface area contributed by atoms with Crippen LogP contribution in [0.15, 0.2) is 36.0 Å². The molecule has 4 heterocycles. The van der Waals surface area contributed by atoms with E-state index in [2.05, 4.69) is 28.3 Å². The molecule has 206 valence electrons. The van der Waals surface area contributed by atoms with E-state index in [9.17, 15) is 26.3 Å². The fraction of sp³-hybridized carbons (Fsp3) is 0.500. The van der Waals surface area contributed by atoms with Crippen molar-refractivity contribution in [3.63, 3.8) is 0 Å². The molecule has 0 unspecified atom stereocenters. The molecule has 15 heteroatoms. The number of hydrogen-bond donors (Lipinski definition) is 2. The molecular weight excluding hydrogens is 534 g/mol. The number of ether oxygens (including phenoxy) is 2. The third-order valence-corrected chi connectivity index (χ3v) is 6.34. The van der Waals surface area contributed by atoms with Crippen molar-refractivity contribution in [1.82, 2.24) is 9.88 Å². The highest BCUT2D eigenvalue weighted by Crippen LogP contribution is 2.37. The first kappa shape index (κ1) is 30.3. The van der Waals surface area contributed by atoms with Crippen LogP contribution < -0.4 is 4.74 Å². The first-order valence-corrected chi connectivity index (χ1v) is 11.6. The molecule has 0 aromatic carbocycles. The molecule has 2 aromatic rings. The second kappa shape index (κ2) is 12.6. The molecule has 2 saturated heterocycles. The molecular formula is C22H24F6N2O6S. The highest BCUT2D eigenvalue weighted by Gasteiger charge is 2.46. The zero-order valence-electron chi connectivity index (χ0n) is 19.4. The number of thiophene rings is 1. The lowest BCUT2D eigenvalue weighted by Crippen LogP contribution is -2.33. The summed E-state index contributed by atoms with van der Waals surface area (Å²) in [6.45, 7) is 6.04. The minimum absolute atomic E-state index is 0.0158. The summed E-state index contributed by atoms with van der Waals surface area (Å²) >= 11 is 1.86. The Balaban J connectivity index is 0.000000286. The van der Waals surface area contributed by atoms with Gasteiger partial charge in [0, 0.05) is 37.1 Å². The first-order valence-electron chi connectivity index (χ1n) is 10.7. The van der Waals surface area contributed by atoms with Crippen LogP contribution in [0.25, 0.3) is 0 Å². The highest BCUT2D eigenvalue weighted by molar-refractivity contribution is 7.10. The lowest BCUT2D eigenvalue weighted by Gasteiger charge is -2.23. The number of pyridine rings is 1. The molecule has 2 aliphatic rings. The number of carbonyl (C=O) groups is 2. The summed E-state index contributed by atoms with van der Waals surface area (Å²) in [6.07, 6.45) is -4.42. The van der Waals surface area contributed by atoms with E-state index in [1.807, 2.05) is 23.5 Å². The van der Waals surface area contributed by atoms with Gasteiger partial charge in [-0.1, -0.05) is 0 Å². The van der Waals surface area contributed by atoms with Crippen LogP contribution in [0.2, 0.25) is 0 Å². The lowest BCUT2D eigenvalue weighted by atomic mass is 9.98.